The molecule has 1 fully saturated rings. The molecule has 1 unspecified atom stereocenters. The van der Waals surface area contributed by atoms with Gasteiger partial charge >= 0.3 is 0 Å². The molecule has 2 nitrogen and oxygen atoms in total. The van der Waals surface area contributed by atoms with Gasteiger partial charge in [0.2, 0.25) is 0 Å². The number of hydrogen-bond donors (Lipinski definition) is 2. The molecular formula is C13H19NO. The molecule has 0 aromatic heterocycles. The monoisotopic (exact) mass is 205 g/mol. The SMILES string of the molecule is Cc1cc(O)c(C2(N)CC2(C)C)cc1C. The first-order valence-corrected chi connectivity index (χ1v) is 5.37. The maximum atomic E-state index is 9.94. The van der Waals surface area contributed by atoms with Crippen molar-refractivity contribution in [3.8, 4) is 5.75 Å². The number of phenolic OH excluding ortho intramolecular Hbond substituents is 1. The van der Waals surface area contributed by atoms with E-state index in [1.807, 2.05) is 19.1 Å². The summed E-state index contributed by atoms with van der Waals surface area (Å²) in [6.45, 7) is 8.33. The molecule has 3 N–H and O–H groups in total. The topological polar surface area (TPSA) is 46.2 Å². The van der Waals surface area contributed by atoms with Gasteiger partial charge in [-0.2, -0.15) is 0 Å². The minimum atomic E-state index is -0.338. The summed E-state index contributed by atoms with van der Waals surface area (Å²) < 4.78 is 0. The standard InChI is InChI=1S/C13H19NO/c1-8-5-10(11(15)6-9(8)2)13(14)7-12(13,3)4/h5-6,15H,7,14H2,1-4H3. The third-order valence-electron chi connectivity index (χ3n) is 3.90. The van der Waals surface area contributed by atoms with Gasteiger partial charge in [0, 0.05) is 5.56 Å². The lowest BCUT2D eigenvalue weighted by molar-refractivity contribution is 0.438. The van der Waals surface area contributed by atoms with Crippen molar-refractivity contribution in [3.63, 3.8) is 0 Å². The summed E-state index contributed by atoms with van der Waals surface area (Å²) >= 11 is 0. The quantitative estimate of drug-likeness (QED) is 0.740. The molecule has 1 aromatic rings. The van der Waals surface area contributed by atoms with E-state index < -0.39 is 0 Å². The molecule has 0 heterocycles. The van der Waals surface area contributed by atoms with Crippen LogP contribution in [0.15, 0.2) is 12.1 Å². The first kappa shape index (κ1) is 10.5. The molecular weight excluding hydrogens is 186 g/mol. The van der Waals surface area contributed by atoms with E-state index in [0.29, 0.717) is 5.75 Å². The number of rotatable bonds is 1. The maximum Gasteiger partial charge on any atom is 0.120 e. The van der Waals surface area contributed by atoms with Crippen LogP contribution in [0.25, 0.3) is 0 Å². The van der Waals surface area contributed by atoms with Crippen LogP contribution >= 0.6 is 0 Å². The molecule has 1 atom stereocenters. The fourth-order valence-electron chi connectivity index (χ4n) is 2.27. The Labute approximate surface area is 91.1 Å². The van der Waals surface area contributed by atoms with E-state index in [1.165, 1.54) is 5.56 Å². The van der Waals surface area contributed by atoms with Crippen LogP contribution in [0, 0.1) is 19.3 Å². The molecule has 1 saturated carbocycles. The van der Waals surface area contributed by atoms with Crippen LogP contribution in [0.4, 0.5) is 0 Å². The summed E-state index contributed by atoms with van der Waals surface area (Å²) in [5.41, 5.74) is 9.27. The first-order valence-electron chi connectivity index (χ1n) is 5.37. The maximum absolute atomic E-state index is 9.94. The minimum absolute atomic E-state index is 0.103. The van der Waals surface area contributed by atoms with Crippen LogP contribution in [0.3, 0.4) is 0 Å². The van der Waals surface area contributed by atoms with Gasteiger partial charge in [-0.25, -0.2) is 0 Å². The first-order chi connectivity index (χ1) is 6.78. The van der Waals surface area contributed by atoms with Crippen LogP contribution in [0.1, 0.15) is 37.0 Å². The smallest absolute Gasteiger partial charge is 0.120 e. The largest absolute Gasteiger partial charge is 0.508 e. The molecule has 1 aliphatic carbocycles. The molecule has 0 radical (unpaired) electrons. The Kier molecular flexibility index (Phi) is 1.93. The molecule has 0 saturated heterocycles. The molecule has 1 aliphatic rings. The lowest BCUT2D eigenvalue weighted by Gasteiger charge is -2.18. The minimum Gasteiger partial charge on any atom is -0.508 e. The van der Waals surface area contributed by atoms with Crippen molar-refractivity contribution in [2.24, 2.45) is 11.1 Å². The van der Waals surface area contributed by atoms with Gasteiger partial charge in [-0.3, -0.25) is 0 Å². The molecule has 0 amide bonds. The zero-order valence-corrected chi connectivity index (χ0v) is 9.89. The van der Waals surface area contributed by atoms with Gasteiger partial charge in [-0.1, -0.05) is 19.9 Å². The van der Waals surface area contributed by atoms with E-state index in [-0.39, 0.29) is 11.0 Å². The summed E-state index contributed by atoms with van der Waals surface area (Å²) in [4.78, 5) is 0. The average Bonchev–Trinajstić information content (AvgIpc) is 2.60. The molecule has 2 rings (SSSR count). The Bertz CT molecular complexity index is 423. The number of hydrogen-bond acceptors (Lipinski definition) is 2. The Morgan fingerprint density at radius 2 is 1.67 bits per heavy atom. The second kappa shape index (κ2) is 2.76. The van der Waals surface area contributed by atoms with Crippen molar-refractivity contribution in [1.82, 2.24) is 0 Å². The highest BCUT2D eigenvalue weighted by atomic mass is 16.3. The average molecular weight is 205 g/mol. The van der Waals surface area contributed by atoms with Gasteiger partial charge in [-0.05, 0) is 42.9 Å². The molecule has 0 bridgehead atoms. The van der Waals surface area contributed by atoms with Gasteiger partial charge in [0.25, 0.3) is 0 Å². The number of aromatic hydroxyl groups is 1. The zero-order chi connectivity index (χ0) is 11.4. The number of phenols is 1. The fourth-order valence-corrected chi connectivity index (χ4v) is 2.27. The molecule has 15 heavy (non-hydrogen) atoms. The van der Waals surface area contributed by atoms with E-state index >= 15 is 0 Å². The van der Waals surface area contributed by atoms with Gasteiger partial charge in [0.05, 0.1) is 5.54 Å². The van der Waals surface area contributed by atoms with Crippen molar-refractivity contribution < 1.29 is 5.11 Å². The number of nitrogens with two attached hydrogens (primary N) is 1. The number of benzene rings is 1. The highest BCUT2D eigenvalue weighted by Gasteiger charge is 2.60. The van der Waals surface area contributed by atoms with Gasteiger partial charge < -0.3 is 10.8 Å². The summed E-state index contributed by atoms with van der Waals surface area (Å²) in [5.74, 6) is 0.339. The van der Waals surface area contributed by atoms with Crippen LogP contribution in [-0.2, 0) is 5.54 Å². The van der Waals surface area contributed by atoms with Crippen molar-refractivity contribution in [1.29, 1.82) is 0 Å². The Balaban J connectivity index is 2.52. The molecule has 0 spiro atoms. The zero-order valence-electron chi connectivity index (χ0n) is 9.89. The Morgan fingerprint density at radius 3 is 2.13 bits per heavy atom. The van der Waals surface area contributed by atoms with E-state index in [1.54, 1.807) is 0 Å². The predicted molar refractivity (Wildman–Crippen MR) is 61.8 cm³/mol. The van der Waals surface area contributed by atoms with E-state index in [9.17, 15) is 5.11 Å². The second-order valence-corrected chi connectivity index (χ2v) is 5.49. The summed E-state index contributed by atoms with van der Waals surface area (Å²) in [7, 11) is 0. The lowest BCUT2D eigenvalue weighted by Crippen LogP contribution is -2.25. The normalized spacial score (nSPS) is 27.8. The molecule has 1 aromatic carbocycles. The van der Waals surface area contributed by atoms with Gasteiger partial charge in [0.1, 0.15) is 5.75 Å². The third-order valence-corrected chi connectivity index (χ3v) is 3.90. The molecule has 82 valence electrons. The fraction of sp³-hybridized carbons (Fsp3) is 0.538. The van der Waals surface area contributed by atoms with Gasteiger partial charge in [-0.15, -0.1) is 0 Å². The summed E-state index contributed by atoms with van der Waals surface area (Å²) in [6, 6.07) is 3.84. The third kappa shape index (κ3) is 1.36. The van der Waals surface area contributed by atoms with Crippen molar-refractivity contribution in [2.45, 2.75) is 39.7 Å². The van der Waals surface area contributed by atoms with Crippen LogP contribution < -0.4 is 5.73 Å². The van der Waals surface area contributed by atoms with Crippen LogP contribution in [-0.4, -0.2) is 5.11 Å². The lowest BCUT2D eigenvalue weighted by atomic mass is 9.93. The van der Waals surface area contributed by atoms with Crippen molar-refractivity contribution in [2.75, 3.05) is 0 Å². The summed E-state index contributed by atoms with van der Waals surface area (Å²) in [5, 5.41) is 9.94. The highest BCUT2D eigenvalue weighted by Crippen LogP contribution is 2.62. The van der Waals surface area contributed by atoms with Crippen molar-refractivity contribution >= 4 is 0 Å². The van der Waals surface area contributed by atoms with E-state index in [4.69, 9.17) is 5.73 Å². The van der Waals surface area contributed by atoms with Crippen molar-refractivity contribution in [3.05, 3.63) is 28.8 Å². The Hall–Kier alpha value is -1.02. The number of aryl methyl sites for hydroxylation is 2. The molecule has 2 heteroatoms. The molecule has 0 aliphatic heterocycles. The predicted octanol–water partition coefficient (Wildman–Crippen LogP) is 2.59. The van der Waals surface area contributed by atoms with Crippen LogP contribution in [0.5, 0.6) is 5.75 Å². The van der Waals surface area contributed by atoms with Gasteiger partial charge in [0.15, 0.2) is 0 Å². The second-order valence-electron chi connectivity index (χ2n) is 5.49. The van der Waals surface area contributed by atoms with E-state index in [0.717, 1.165) is 17.5 Å². The Morgan fingerprint density at radius 1 is 1.20 bits per heavy atom. The highest BCUT2D eigenvalue weighted by molar-refractivity contribution is 5.49. The summed E-state index contributed by atoms with van der Waals surface area (Å²) in [6.07, 6.45) is 0.941. The van der Waals surface area contributed by atoms with Crippen LogP contribution in [0.2, 0.25) is 0 Å². The van der Waals surface area contributed by atoms with E-state index in [2.05, 4.69) is 20.8 Å².